The summed E-state index contributed by atoms with van der Waals surface area (Å²) in [6, 6.07) is 5.13. The molecule has 1 aromatic heterocycles. The van der Waals surface area contributed by atoms with Gasteiger partial charge in [0.05, 0.1) is 11.5 Å². The lowest BCUT2D eigenvalue weighted by molar-refractivity contribution is -0.383. The molecular formula is C12H14N2O4. The highest BCUT2D eigenvalue weighted by Gasteiger charge is 2.12. The average Bonchev–Trinajstić information content (AvgIpc) is 2.80. The van der Waals surface area contributed by atoms with Gasteiger partial charge in [0.25, 0.3) is 12.2 Å². The van der Waals surface area contributed by atoms with Crippen molar-refractivity contribution in [1.82, 2.24) is 4.98 Å². The topological polar surface area (TPSA) is 85.2 Å². The summed E-state index contributed by atoms with van der Waals surface area (Å²) >= 11 is 0. The van der Waals surface area contributed by atoms with Crippen molar-refractivity contribution < 1.29 is 14.5 Å². The molecule has 1 heterocycles. The molecule has 0 radical (unpaired) electrons. The van der Waals surface area contributed by atoms with E-state index in [1.165, 1.54) is 6.07 Å². The van der Waals surface area contributed by atoms with Gasteiger partial charge < -0.3 is 9.72 Å². The van der Waals surface area contributed by atoms with E-state index in [2.05, 4.69) is 9.72 Å². The summed E-state index contributed by atoms with van der Waals surface area (Å²) in [7, 11) is 0. The summed E-state index contributed by atoms with van der Waals surface area (Å²) in [6.07, 6.45) is 1.71. The zero-order valence-corrected chi connectivity index (χ0v) is 10.2. The van der Waals surface area contributed by atoms with Crippen LogP contribution in [0.5, 0.6) is 0 Å². The van der Waals surface area contributed by atoms with E-state index in [1.54, 1.807) is 19.2 Å². The molecule has 0 amide bonds. The fourth-order valence-corrected chi connectivity index (χ4v) is 1.51. The molecule has 0 spiro atoms. The highest BCUT2D eigenvalue weighted by Crippen LogP contribution is 2.26. The predicted molar refractivity (Wildman–Crippen MR) is 67.4 cm³/mol. The smallest absolute Gasteiger partial charge is 0.293 e. The Kier molecular flexibility index (Phi) is 4.86. The standard InChI is InChI=1S/C9H8N2O2.C3H6O2/c1-6-2-3-8(11(12)13)9-7(6)4-5-10-9;1-2-5-3-4/h2-5,10H,1H3;3H,2H2,1H3. The largest absolute Gasteiger partial charge is 0.468 e. The van der Waals surface area contributed by atoms with Gasteiger partial charge in [0.2, 0.25) is 0 Å². The van der Waals surface area contributed by atoms with Crippen molar-refractivity contribution in [3.8, 4) is 0 Å². The fourth-order valence-electron chi connectivity index (χ4n) is 1.51. The second kappa shape index (κ2) is 6.39. The predicted octanol–water partition coefficient (Wildman–Crippen LogP) is 2.56. The average molecular weight is 250 g/mol. The number of carbonyl (C=O) groups is 1. The maximum Gasteiger partial charge on any atom is 0.293 e. The third kappa shape index (κ3) is 3.07. The van der Waals surface area contributed by atoms with Crippen LogP contribution >= 0.6 is 0 Å². The number of nitro groups is 1. The van der Waals surface area contributed by atoms with Gasteiger partial charge in [0.15, 0.2) is 0 Å². The van der Waals surface area contributed by atoms with Gasteiger partial charge in [-0.3, -0.25) is 14.9 Å². The molecule has 6 nitrogen and oxygen atoms in total. The third-order valence-corrected chi connectivity index (χ3v) is 2.35. The summed E-state index contributed by atoms with van der Waals surface area (Å²) in [4.78, 5) is 22.3. The molecule has 0 aliphatic heterocycles. The number of fused-ring (bicyclic) bond motifs is 1. The Hall–Kier alpha value is -2.37. The molecule has 0 aliphatic rings. The molecule has 1 aromatic carbocycles. The molecule has 96 valence electrons. The molecular weight excluding hydrogens is 236 g/mol. The molecule has 0 saturated heterocycles. The molecule has 0 atom stereocenters. The lowest BCUT2D eigenvalue weighted by Gasteiger charge is -1.96. The van der Waals surface area contributed by atoms with Gasteiger partial charge in [-0.05, 0) is 25.5 Å². The number of aromatic amines is 1. The van der Waals surface area contributed by atoms with Crippen molar-refractivity contribution in [3.05, 3.63) is 40.1 Å². The number of aryl methyl sites for hydroxylation is 1. The van der Waals surface area contributed by atoms with Crippen molar-refractivity contribution in [2.75, 3.05) is 6.61 Å². The fraction of sp³-hybridized carbons (Fsp3) is 0.250. The number of rotatable bonds is 3. The van der Waals surface area contributed by atoms with Crippen LogP contribution in [0.25, 0.3) is 10.9 Å². The zero-order chi connectivity index (χ0) is 13.5. The summed E-state index contributed by atoms with van der Waals surface area (Å²) in [5.74, 6) is 0. The van der Waals surface area contributed by atoms with E-state index in [0.717, 1.165) is 10.9 Å². The maximum atomic E-state index is 10.6. The van der Waals surface area contributed by atoms with Gasteiger partial charge in [0, 0.05) is 17.6 Å². The minimum atomic E-state index is -0.377. The number of non-ortho nitro benzene ring substituents is 1. The van der Waals surface area contributed by atoms with Crippen LogP contribution in [-0.2, 0) is 9.53 Å². The van der Waals surface area contributed by atoms with Crippen LogP contribution in [0.2, 0.25) is 0 Å². The van der Waals surface area contributed by atoms with E-state index in [9.17, 15) is 14.9 Å². The molecule has 2 rings (SSSR count). The normalized spacial score (nSPS) is 9.44. The second-order valence-corrected chi connectivity index (χ2v) is 3.48. The van der Waals surface area contributed by atoms with E-state index >= 15 is 0 Å². The molecule has 18 heavy (non-hydrogen) atoms. The first-order valence-corrected chi connectivity index (χ1v) is 5.38. The molecule has 0 bridgehead atoms. The Labute approximate surface area is 104 Å². The number of nitro benzene ring substituents is 1. The molecule has 2 aromatic rings. The number of hydrogen-bond donors (Lipinski definition) is 1. The van der Waals surface area contributed by atoms with E-state index in [0.29, 0.717) is 18.6 Å². The summed E-state index contributed by atoms with van der Waals surface area (Å²) in [5.41, 5.74) is 1.78. The quantitative estimate of drug-likeness (QED) is 0.515. The molecule has 1 N–H and O–H groups in total. The van der Waals surface area contributed by atoms with Crippen LogP contribution in [0, 0.1) is 17.0 Å². The van der Waals surface area contributed by atoms with Gasteiger partial charge in [-0.15, -0.1) is 0 Å². The van der Waals surface area contributed by atoms with Crippen molar-refractivity contribution >= 4 is 23.1 Å². The van der Waals surface area contributed by atoms with E-state index in [1.807, 2.05) is 13.0 Å². The number of aromatic nitrogens is 1. The van der Waals surface area contributed by atoms with Gasteiger partial charge in [-0.2, -0.15) is 0 Å². The summed E-state index contributed by atoms with van der Waals surface area (Å²) < 4.78 is 4.15. The van der Waals surface area contributed by atoms with Crippen LogP contribution in [0.3, 0.4) is 0 Å². The number of hydrogen-bond acceptors (Lipinski definition) is 4. The molecule has 0 unspecified atom stereocenters. The minimum absolute atomic E-state index is 0.130. The SMILES string of the molecule is CCOC=O.Cc1ccc([N+](=O)[O-])c2[nH]ccc12. The number of ether oxygens (including phenoxy) is 1. The Balaban J connectivity index is 0.000000280. The Morgan fingerprint density at radius 1 is 1.44 bits per heavy atom. The van der Waals surface area contributed by atoms with Crippen molar-refractivity contribution in [3.63, 3.8) is 0 Å². The lowest BCUT2D eigenvalue weighted by atomic mass is 10.1. The number of benzene rings is 1. The van der Waals surface area contributed by atoms with Crippen molar-refractivity contribution in [2.24, 2.45) is 0 Å². The Morgan fingerprint density at radius 3 is 2.67 bits per heavy atom. The Bertz CT molecular complexity index is 548. The second-order valence-electron chi connectivity index (χ2n) is 3.48. The molecule has 0 saturated carbocycles. The first-order valence-electron chi connectivity index (χ1n) is 5.38. The van der Waals surface area contributed by atoms with Crippen LogP contribution in [0.15, 0.2) is 24.4 Å². The van der Waals surface area contributed by atoms with Gasteiger partial charge in [0.1, 0.15) is 5.52 Å². The van der Waals surface area contributed by atoms with Gasteiger partial charge >= 0.3 is 0 Å². The third-order valence-electron chi connectivity index (χ3n) is 2.35. The minimum Gasteiger partial charge on any atom is -0.468 e. The molecule has 6 heteroatoms. The highest BCUT2D eigenvalue weighted by atomic mass is 16.6. The number of nitrogens with one attached hydrogen (secondary N) is 1. The highest BCUT2D eigenvalue weighted by molar-refractivity contribution is 5.90. The first-order chi connectivity index (χ1) is 8.61. The van der Waals surface area contributed by atoms with E-state index in [-0.39, 0.29) is 10.6 Å². The van der Waals surface area contributed by atoms with E-state index in [4.69, 9.17) is 0 Å². The van der Waals surface area contributed by atoms with Crippen LogP contribution in [0.4, 0.5) is 5.69 Å². The zero-order valence-electron chi connectivity index (χ0n) is 10.2. The van der Waals surface area contributed by atoms with Crippen molar-refractivity contribution in [1.29, 1.82) is 0 Å². The number of carbonyl (C=O) groups excluding carboxylic acids is 1. The van der Waals surface area contributed by atoms with Gasteiger partial charge in [-0.25, -0.2) is 0 Å². The molecule has 0 fully saturated rings. The number of H-pyrrole nitrogens is 1. The van der Waals surface area contributed by atoms with Crippen LogP contribution < -0.4 is 0 Å². The number of nitrogens with zero attached hydrogens (tertiary/aromatic N) is 1. The van der Waals surface area contributed by atoms with Crippen LogP contribution in [-0.4, -0.2) is 23.0 Å². The summed E-state index contributed by atoms with van der Waals surface area (Å²) in [5, 5.41) is 11.5. The monoisotopic (exact) mass is 250 g/mol. The Morgan fingerprint density at radius 2 is 2.17 bits per heavy atom. The van der Waals surface area contributed by atoms with Gasteiger partial charge in [-0.1, -0.05) is 6.07 Å². The first kappa shape index (κ1) is 13.7. The van der Waals surface area contributed by atoms with E-state index < -0.39 is 0 Å². The summed E-state index contributed by atoms with van der Waals surface area (Å²) in [6.45, 7) is 4.60. The van der Waals surface area contributed by atoms with Crippen molar-refractivity contribution in [2.45, 2.75) is 13.8 Å². The molecule has 0 aliphatic carbocycles. The maximum absolute atomic E-state index is 10.6. The van der Waals surface area contributed by atoms with Crippen LogP contribution in [0.1, 0.15) is 12.5 Å². The lowest BCUT2D eigenvalue weighted by Crippen LogP contribution is -1.89.